The third-order valence-electron chi connectivity index (χ3n) is 4.09. The quantitative estimate of drug-likeness (QED) is 0.865. The second kappa shape index (κ2) is 4.44. The van der Waals surface area contributed by atoms with Crippen molar-refractivity contribution in [3.05, 3.63) is 23.3 Å². The highest BCUT2D eigenvalue weighted by Gasteiger charge is 2.31. The lowest BCUT2D eigenvalue weighted by Gasteiger charge is -2.21. The fourth-order valence-corrected chi connectivity index (χ4v) is 3.06. The molecule has 3 rings (SSSR count). The summed E-state index contributed by atoms with van der Waals surface area (Å²) in [5.41, 5.74) is 8.41. The number of ether oxygens (including phenoxy) is 2. The summed E-state index contributed by atoms with van der Waals surface area (Å²) in [5.74, 6) is 2.34. The Balaban J connectivity index is 1.92. The van der Waals surface area contributed by atoms with Crippen molar-refractivity contribution in [1.29, 1.82) is 0 Å². The van der Waals surface area contributed by atoms with Gasteiger partial charge in [-0.05, 0) is 56.1 Å². The minimum Gasteiger partial charge on any atom is -0.454 e. The highest BCUT2D eigenvalue weighted by molar-refractivity contribution is 5.49. The Labute approximate surface area is 108 Å². The second-order valence-electron chi connectivity index (χ2n) is 5.35. The lowest BCUT2D eigenvalue weighted by atomic mass is 9.96. The van der Waals surface area contributed by atoms with E-state index in [2.05, 4.69) is 31.0 Å². The zero-order chi connectivity index (χ0) is 12.7. The molecule has 0 aliphatic carbocycles. The average molecular weight is 248 g/mol. The summed E-state index contributed by atoms with van der Waals surface area (Å²) >= 11 is 0. The molecule has 1 aromatic rings. The van der Waals surface area contributed by atoms with Crippen LogP contribution >= 0.6 is 0 Å². The van der Waals surface area contributed by atoms with E-state index in [0.717, 1.165) is 31.0 Å². The molecular formula is C14H20N2O2. The molecule has 1 saturated heterocycles. The third kappa shape index (κ3) is 1.85. The first-order valence-electron chi connectivity index (χ1n) is 6.49. The lowest BCUT2D eigenvalue weighted by Crippen LogP contribution is -2.21. The third-order valence-corrected chi connectivity index (χ3v) is 4.09. The summed E-state index contributed by atoms with van der Waals surface area (Å²) in [4.78, 5) is 2.39. The van der Waals surface area contributed by atoms with Crippen molar-refractivity contribution in [1.82, 2.24) is 4.90 Å². The highest BCUT2D eigenvalue weighted by atomic mass is 16.7. The fourth-order valence-electron chi connectivity index (χ4n) is 3.06. The smallest absolute Gasteiger partial charge is 0.231 e. The van der Waals surface area contributed by atoms with Crippen molar-refractivity contribution in [2.24, 2.45) is 11.7 Å². The SMILES string of the molecule is Cc1cc2c(cc1C1CC(CN)CN1C)OCO2. The maximum atomic E-state index is 5.79. The number of nitrogens with zero attached hydrogens (tertiary/aromatic N) is 1. The molecule has 4 heteroatoms. The number of rotatable bonds is 2. The van der Waals surface area contributed by atoms with Crippen LogP contribution in [-0.2, 0) is 0 Å². The van der Waals surface area contributed by atoms with E-state index in [-0.39, 0.29) is 0 Å². The van der Waals surface area contributed by atoms with Crippen molar-refractivity contribution >= 4 is 0 Å². The van der Waals surface area contributed by atoms with E-state index < -0.39 is 0 Å². The number of nitrogens with two attached hydrogens (primary N) is 1. The molecule has 2 unspecified atom stereocenters. The van der Waals surface area contributed by atoms with Gasteiger partial charge in [0.2, 0.25) is 6.79 Å². The van der Waals surface area contributed by atoms with Gasteiger partial charge < -0.3 is 15.2 Å². The van der Waals surface area contributed by atoms with Crippen molar-refractivity contribution in [3.63, 3.8) is 0 Å². The molecule has 4 nitrogen and oxygen atoms in total. The van der Waals surface area contributed by atoms with Crippen LogP contribution < -0.4 is 15.2 Å². The van der Waals surface area contributed by atoms with Crippen LogP contribution in [0.1, 0.15) is 23.6 Å². The van der Waals surface area contributed by atoms with E-state index in [1.165, 1.54) is 11.1 Å². The standard InChI is InChI=1S/C14H20N2O2/c1-9-3-13-14(18-8-17-13)5-11(9)12-4-10(6-15)7-16(12)2/h3,5,10,12H,4,6-8,15H2,1-2H3. The second-order valence-corrected chi connectivity index (χ2v) is 5.35. The van der Waals surface area contributed by atoms with E-state index in [9.17, 15) is 0 Å². The van der Waals surface area contributed by atoms with Crippen LogP contribution in [0.25, 0.3) is 0 Å². The van der Waals surface area contributed by atoms with Crippen LogP contribution in [0.3, 0.4) is 0 Å². The average Bonchev–Trinajstić information content (AvgIpc) is 2.93. The monoisotopic (exact) mass is 248 g/mol. The first-order valence-corrected chi connectivity index (χ1v) is 6.49. The summed E-state index contributed by atoms with van der Waals surface area (Å²) in [6.45, 7) is 4.32. The molecule has 0 bridgehead atoms. The summed E-state index contributed by atoms with van der Waals surface area (Å²) in [6.07, 6.45) is 1.13. The molecular weight excluding hydrogens is 228 g/mol. The zero-order valence-corrected chi connectivity index (χ0v) is 11.0. The first kappa shape index (κ1) is 11.8. The molecule has 1 aromatic carbocycles. The van der Waals surface area contributed by atoms with E-state index in [1.807, 2.05) is 0 Å². The normalized spacial score (nSPS) is 26.8. The fraction of sp³-hybridized carbons (Fsp3) is 0.571. The summed E-state index contributed by atoms with van der Waals surface area (Å²) < 4.78 is 10.9. The van der Waals surface area contributed by atoms with E-state index in [1.54, 1.807) is 0 Å². The van der Waals surface area contributed by atoms with Gasteiger partial charge in [-0.25, -0.2) is 0 Å². The number of hydrogen-bond acceptors (Lipinski definition) is 4. The largest absolute Gasteiger partial charge is 0.454 e. The summed E-state index contributed by atoms with van der Waals surface area (Å²) in [6, 6.07) is 4.67. The van der Waals surface area contributed by atoms with Gasteiger partial charge in [0.1, 0.15) is 0 Å². The molecule has 0 spiro atoms. The Morgan fingerprint density at radius 1 is 1.33 bits per heavy atom. The Morgan fingerprint density at radius 3 is 2.72 bits per heavy atom. The van der Waals surface area contributed by atoms with Gasteiger partial charge in [-0.1, -0.05) is 0 Å². The van der Waals surface area contributed by atoms with Crippen molar-refractivity contribution < 1.29 is 9.47 Å². The Kier molecular flexibility index (Phi) is 2.92. The zero-order valence-electron chi connectivity index (χ0n) is 11.0. The number of hydrogen-bond donors (Lipinski definition) is 1. The minimum absolute atomic E-state index is 0.337. The number of benzene rings is 1. The van der Waals surface area contributed by atoms with Gasteiger partial charge in [-0.2, -0.15) is 0 Å². The van der Waals surface area contributed by atoms with Crippen molar-refractivity contribution in [2.45, 2.75) is 19.4 Å². The van der Waals surface area contributed by atoms with Gasteiger partial charge in [-0.3, -0.25) is 4.90 Å². The molecule has 2 heterocycles. The Morgan fingerprint density at radius 2 is 2.06 bits per heavy atom. The van der Waals surface area contributed by atoms with Gasteiger partial charge >= 0.3 is 0 Å². The molecule has 1 fully saturated rings. The molecule has 2 atom stereocenters. The molecule has 0 saturated carbocycles. The van der Waals surface area contributed by atoms with Gasteiger partial charge in [-0.15, -0.1) is 0 Å². The van der Waals surface area contributed by atoms with Crippen molar-refractivity contribution in [2.75, 3.05) is 26.9 Å². The molecule has 2 N–H and O–H groups in total. The van der Waals surface area contributed by atoms with Crippen LogP contribution in [0.5, 0.6) is 11.5 Å². The number of fused-ring (bicyclic) bond motifs is 1. The maximum absolute atomic E-state index is 5.79. The van der Waals surface area contributed by atoms with Crippen LogP contribution in [-0.4, -0.2) is 31.8 Å². The topological polar surface area (TPSA) is 47.7 Å². The predicted molar refractivity (Wildman–Crippen MR) is 69.8 cm³/mol. The Hall–Kier alpha value is -1.26. The van der Waals surface area contributed by atoms with Crippen LogP contribution in [0.4, 0.5) is 0 Å². The Bertz CT molecular complexity index is 461. The maximum Gasteiger partial charge on any atom is 0.231 e. The van der Waals surface area contributed by atoms with Gasteiger partial charge in [0.25, 0.3) is 0 Å². The van der Waals surface area contributed by atoms with E-state index in [0.29, 0.717) is 18.8 Å². The molecule has 0 aromatic heterocycles. The number of aryl methyl sites for hydroxylation is 1. The van der Waals surface area contributed by atoms with Gasteiger partial charge in [0.15, 0.2) is 11.5 Å². The van der Waals surface area contributed by atoms with Gasteiger partial charge in [0.05, 0.1) is 0 Å². The molecule has 2 aliphatic heterocycles. The molecule has 2 aliphatic rings. The molecule has 98 valence electrons. The summed E-state index contributed by atoms with van der Waals surface area (Å²) in [7, 11) is 2.17. The minimum atomic E-state index is 0.337. The van der Waals surface area contributed by atoms with Crippen LogP contribution in [0, 0.1) is 12.8 Å². The number of likely N-dealkylation sites (tertiary alicyclic amines) is 1. The van der Waals surface area contributed by atoms with Gasteiger partial charge in [0, 0.05) is 12.6 Å². The summed E-state index contributed by atoms with van der Waals surface area (Å²) in [5, 5.41) is 0. The van der Waals surface area contributed by atoms with E-state index in [4.69, 9.17) is 15.2 Å². The molecule has 18 heavy (non-hydrogen) atoms. The molecule has 0 radical (unpaired) electrons. The van der Waals surface area contributed by atoms with E-state index >= 15 is 0 Å². The highest BCUT2D eigenvalue weighted by Crippen LogP contribution is 2.41. The first-order chi connectivity index (χ1) is 8.69. The molecule has 0 amide bonds. The predicted octanol–water partition coefficient (Wildman–Crippen LogP) is 1.68. The lowest BCUT2D eigenvalue weighted by molar-refractivity contribution is 0.174. The van der Waals surface area contributed by atoms with Crippen LogP contribution in [0.15, 0.2) is 12.1 Å². The van der Waals surface area contributed by atoms with Crippen molar-refractivity contribution in [3.8, 4) is 11.5 Å². The van der Waals surface area contributed by atoms with Crippen LogP contribution in [0.2, 0.25) is 0 Å².